The van der Waals surface area contributed by atoms with E-state index in [1.807, 2.05) is 66.9 Å². The summed E-state index contributed by atoms with van der Waals surface area (Å²) in [7, 11) is 0. The predicted molar refractivity (Wildman–Crippen MR) is 110 cm³/mol. The van der Waals surface area contributed by atoms with Gasteiger partial charge in [0.15, 0.2) is 5.82 Å². The highest BCUT2D eigenvalue weighted by molar-refractivity contribution is 5.58. The molecule has 6 nitrogen and oxygen atoms in total. The molecule has 0 spiro atoms. The van der Waals surface area contributed by atoms with Crippen LogP contribution in [0.2, 0.25) is 0 Å². The fourth-order valence-electron chi connectivity index (χ4n) is 2.84. The summed E-state index contributed by atoms with van der Waals surface area (Å²) in [5.41, 5.74) is 3.26. The first-order chi connectivity index (χ1) is 13.9. The number of hydrogen-bond acceptors (Lipinski definition) is 6. The molecule has 4 aromatic rings. The minimum atomic E-state index is 0.547. The molecule has 0 atom stereocenters. The van der Waals surface area contributed by atoms with Crippen LogP contribution in [0, 0.1) is 0 Å². The van der Waals surface area contributed by atoms with Gasteiger partial charge in [-0.1, -0.05) is 54.6 Å². The Hall–Kier alpha value is -3.80. The lowest BCUT2D eigenvalue weighted by atomic mass is 10.2. The Balaban J connectivity index is 1.59. The monoisotopic (exact) mass is 368 g/mol. The third-order valence-electron chi connectivity index (χ3n) is 4.24. The lowest BCUT2D eigenvalue weighted by Gasteiger charge is -2.22. The first-order valence-electron chi connectivity index (χ1n) is 9.07. The molecule has 0 aliphatic carbocycles. The van der Waals surface area contributed by atoms with Gasteiger partial charge in [0.05, 0.1) is 12.7 Å². The zero-order valence-corrected chi connectivity index (χ0v) is 15.3. The first-order valence-corrected chi connectivity index (χ1v) is 9.07. The second-order valence-corrected chi connectivity index (χ2v) is 6.26. The van der Waals surface area contributed by atoms with Crippen LogP contribution in [-0.4, -0.2) is 20.2 Å². The number of anilines is 3. The zero-order valence-electron chi connectivity index (χ0n) is 15.3. The number of para-hydroxylation sites is 1. The Morgan fingerprint density at radius 2 is 1.54 bits per heavy atom. The normalized spacial score (nSPS) is 10.4. The predicted octanol–water partition coefficient (Wildman–Crippen LogP) is 4.22. The van der Waals surface area contributed by atoms with Crippen molar-refractivity contribution < 1.29 is 0 Å². The van der Waals surface area contributed by atoms with Gasteiger partial charge in [-0.3, -0.25) is 4.98 Å². The maximum atomic E-state index is 4.68. The molecule has 0 fully saturated rings. The summed E-state index contributed by atoms with van der Waals surface area (Å²) in [5.74, 6) is 1.22. The molecule has 0 unspecified atom stereocenters. The Morgan fingerprint density at radius 3 is 2.29 bits per heavy atom. The van der Waals surface area contributed by atoms with E-state index in [2.05, 4.69) is 42.5 Å². The van der Waals surface area contributed by atoms with E-state index in [1.165, 1.54) is 5.56 Å². The van der Waals surface area contributed by atoms with E-state index in [1.54, 1.807) is 12.4 Å². The molecule has 2 aromatic heterocycles. The zero-order chi connectivity index (χ0) is 19.0. The molecule has 2 heterocycles. The number of nitrogens with one attached hydrogen (secondary N) is 1. The van der Waals surface area contributed by atoms with Crippen LogP contribution in [0.5, 0.6) is 0 Å². The number of aromatic nitrogens is 4. The number of hydrogen-bond donors (Lipinski definition) is 1. The maximum Gasteiger partial charge on any atom is 0.252 e. The molecule has 1 N–H and O–H groups in total. The summed E-state index contributed by atoms with van der Waals surface area (Å²) in [5, 5.41) is 11.7. The van der Waals surface area contributed by atoms with Crippen LogP contribution in [0.25, 0.3) is 0 Å². The van der Waals surface area contributed by atoms with Crippen LogP contribution < -0.4 is 10.2 Å². The molecule has 6 heteroatoms. The van der Waals surface area contributed by atoms with Gasteiger partial charge in [0.1, 0.15) is 0 Å². The van der Waals surface area contributed by atoms with E-state index < -0.39 is 0 Å². The van der Waals surface area contributed by atoms with Crippen molar-refractivity contribution in [2.24, 2.45) is 0 Å². The van der Waals surface area contributed by atoms with Crippen LogP contribution >= 0.6 is 0 Å². The molecular formula is C22H20N6. The third-order valence-corrected chi connectivity index (χ3v) is 4.24. The Labute approximate surface area is 163 Å². The Bertz CT molecular complexity index is 993. The van der Waals surface area contributed by atoms with E-state index in [0.717, 1.165) is 11.3 Å². The topological polar surface area (TPSA) is 66.8 Å². The van der Waals surface area contributed by atoms with Crippen LogP contribution in [0.3, 0.4) is 0 Å². The molecule has 0 radical (unpaired) electrons. The standard InChI is InChI=1S/C22H20N6/c1-3-8-18(9-4-1)17-28(20-11-5-2-6-12-20)22-26-21(16-25-27-22)24-15-19-10-7-13-23-14-19/h1-14,16H,15,17H2,(H,24,26,27). The molecule has 2 aromatic carbocycles. The van der Waals surface area contributed by atoms with Crippen molar-refractivity contribution in [2.75, 3.05) is 10.2 Å². The lowest BCUT2D eigenvalue weighted by Crippen LogP contribution is -2.20. The van der Waals surface area contributed by atoms with E-state index >= 15 is 0 Å². The second kappa shape index (κ2) is 8.73. The smallest absolute Gasteiger partial charge is 0.252 e. The molecular weight excluding hydrogens is 348 g/mol. The largest absolute Gasteiger partial charge is 0.364 e. The van der Waals surface area contributed by atoms with Crippen LogP contribution in [0.4, 0.5) is 17.5 Å². The van der Waals surface area contributed by atoms with Crippen molar-refractivity contribution in [3.8, 4) is 0 Å². The summed E-state index contributed by atoms with van der Waals surface area (Å²) < 4.78 is 0. The van der Waals surface area contributed by atoms with Gasteiger partial charge in [-0.2, -0.15) is 10.1 Å². The minimum Gasteiger partial charge on any atom is -0.364 e. The van der Waals surface area contributed by atoms with E-state index in [4.69, 9.17) is 0 Å². The Morgan fingerprint density at radius 1 is 0.786 bits per heavy atom. The molecule has 0 saturated carbocycles. The fraction of sp³-hybridized carbons (Fsp3) is 0.0909. The summed E-state index contributed by atoms with van der Waals surface area (Å²) in [6.07, 6.45) is 5.22. The maximum absolute atomic E-state index is 4.68. The molecule has 0 amide bonds. The quantitative estimate of drug-likeness (QED) is 0.527. The summed E-state index contributed by atoms with van der Waals surface area (Å²) >= 11 is 0. The molecule has 28 heavy (non-hydrogen) atoms. The van der Waals surface area contributed by atoms with Gasteiger partial charge in [0.25, 0.3) is 5.95 Å². The molecule has 0 aliphatic rings. The minimum absolute atomic E-state index is 0.547. The van der Waals surface area contributed by atoms with Gasteiger partial charge < -0.3 is 10.2 Å². The van der Waals surface area contributed by atoms with Crippen LogP contribution in [0.1, 0.15) is 11.1 Å². The van der Waals surface area contributed by atoms with Crippen molar-refractivity contribution in [3.05, 3.63) is 103 Å². The number of benzene rings is 2. The summed E-state index contributed by atoms with van der Waals surface area (Å²) in [6.45, 7) is 1.27. The highest BCUT2D eigenvalue weighted by Crippen LogP contribution is 2.24. The van der Waals surface area contributed by atoms with Gasteiger partial charge in [-0.05, 0) is 29.3 Å². The lowest BCUT2D eigenvalue weighted by molar-refractivity contribution is 0.860. The van der Waals surface area contributed by atoms with Crippen LogP contribution in [-0.2, 0) is 13.1 Å². The fourth-order valence-corrected chi connectivity index (χ4v) is 2.84. The molecule has 0 saturated heterocycles. The van der Waals surface area contributed by atoms with Crippen molar-refractivity contribution in [2.45, 2.75) is 13.1 Å². The van der Waals surface area contributed by atoms with Gasteiger partial charge in [-0.25, -0.2) is 0 Å². The van der Waals surface area contributed by atoms with Gasteiger partial charge in [0.2, 0.25) is 0 Å². The van der Waals surface area contributed by atoms with Crippen molar-refractivity contribution in [3.63, 3.8) is 0 Å². The molecule has 4 rings (SSSR count). The van der Waals surface area contributed by atoms with Crippen molar-refractivity contribution in [1.29, 1.82) is 0 Å². The van der Waals surface area contributed by atoms with Gasteiger partial charge in [-0.15, -0.1) is 5.10 Å². The Kier molecular flexibility index (Phi) is 5.49. The average molecular weight is 368 g/mol. The van der Waals surface area contributed by atoms with Gasteiger partial charge >= 0.3 is 0 Å². The molecule has 0 aliphatic heterocycles. The van der Waals surface area contributed by atoms with E-state index in [9.17, 15) is 0 Å². The SMILES string of the molecule is c1ccc(CN(c2ccccc2)c2nncc(NCc3cccnc3)n2)cc1. The highest BCUT2D eigenvalue weighted by atomic mass is 15.3. The van der Waals surface area contributed by atoms with Crippen molar-refractivity contribution in [1.82, 2.24) is 20.2 Å². The highest BCUT2D eigenvalue weighted by Gasteiger charge is 2.14. The third kappa shape index (κ3) is 4.48. The van der Waals surface area contributed by atoms with E-state index in [0.29, 0.717) is 24.9 Å². The number of nitrogens with zero attached hydrogens (tertiary/aromatic N) is 5. The first kappa shape index (κ1) is 17.6. The average Bonchev–Trinajstić information content (AvgIpc) is 2.78. The van der Waals surface area contributed by atoms with E-state index in [-0.39, 0.29) is 0 Å². The number of pyridine rings is 1. The summed E-state index contributed by atoms with van der Waals surface area (Å²) in [4.78, 5) is 10.9. The molecule has 0 bridgehead atoms. The van der Waals surface area contributed by atoms with Gasteiger partial charge in [0, 0.05) is 24.6 Å². The molecule has 138 valence electrons. The van der Waals surface area contributed by atoms with Crippen molar-refractivity contribution >= 4 is 17.5 Å². The second-order valence-electron chi connectivity index (χ2n) is 6.26. The summed E-state index contributed by atoms with van der Waals surface area (Å²) in [6, 6.07) is 24.3. The van der Waals surface area contributed by atoms with Crippen LogP contribution in [0.15, 0.2) is 91.4 Å². The number of rotatable bonds is 7.